The van der Waals surface area contributed by atoms with Gasteiger partial charge in [0.05, 0.1) is 0 Å². The lowest BCUT2D eigenvalue weighted by molar-refractivity contribution is 0.284. The van der Waals surface area contributed by atoms with E-state index in [1.807, 2.05) is 24.3 Å². The van der Waals surface area contributed by atoms with Crippen LogP contribution in [0.15, 0.2) is 28.7 Å². The maximum Gasteiger partial charge on any atom is 0.120 e. The molecule has 3 heteroatoms. The molecule has 18 heavy (non-hydrogen) atoms. The summed E-state index contributed by atoms with van der Waals surface area (Å²) in [6.07, 6.45) is 2.47. The van der Waals surface area contributed by atoms with Gasteiger partial charge in [-0.25, -0.2) is 0 Å². The number of hydrogen-bond donors (Lipinski definition) is 1. The van der Waals surface area contributed by atoms with Crippen LogP contribution in [0.3, 0.4) is 0 Å². The summed E-state index contributed by atoms with van der Waals surface area (Å²) >= 11 is 3.44. The SMILES string of the molecule is CCC(CC)C(C)NCCOc1cccc(Br)c1. The molecule has 0 amide bonds. The van der Waals surface area contributed by atoms with Crippen molar-refractivity contribution in [2.75, 3.05) is 13.2 Å². The van der Waals surface area contributed by atoms with E-state index < -0.39 is 0 Å². The molecule has 0 saturated carbocycles. The number of hydrogen-bond acceptors (Lipinski definition) is 2. The fraction of sp³-hybridized carbons (Fsp3) is 0.600. The first-order chi connectivity index (χ1) is 8.67. The average Bonchev–Trinajstić information content (AvgIpc) is 2.36. The van der Waals surface area contributed by atoms with E-state index in [0.717, 1.165) is 22.7 Å². The number of rotatable bonds is 8. The lowest BCUT2D eigenvalue weighted by atomic mass is 9.96. The van der Waals surface area contributed by atoms with Crippen molar-refractivity contribution in [2.45, 2.75) is 39.7 Å². The van der Waals surface area contributed by atoms with Gasteiger partial charge in [0.1, 0.15) is 12.4 Å². The Labute approximate surface area is 119 Å². The maximum absolute atomic E-state index is 5.69. The van der Waals surface area contributed by atoms with Crippen LogP contribution in [0.2, 0.25) is 0 Å². The first-order valence-electron chi connectivity index (χ1n) is 6.79. The molecule has 1 rings (SSSR count). The molecule has 1 aromatic rings. The molecule has 0 fully saturated rings. The normalized spacial score (nSPS) is 12.7. The molecule has 1 unspecified atom stereocenters. The molecule has 0 aliphatic rings. The highest BCUT2D eigenvalue weighted by molar-refractivity contribution is 9.10. The van der Waals surface area contributed by atoms with Crippen molar-refractivity contribution < 1.29 is 4.74 Å². The summed E-state index contributed by atoms with van der Waals surface area (Å²) < 4.78 is 6.75. The standard InChI is InChI=1S/C15H24BrNO/c1-4-13(5-2)12(3)17-9-10-18-15-8-6-7-14(16)11-15/h6-8,11-13,17H,4-5,9-10H2,1-3H3. The molecule has 0 saturated heterocycles. The van der Waals surface area contributed by atoms with Gasteiger partial charge < -0.3 is 10.1 Å². The van der Waals surface area contributed by atoms with Gasteiger partial charge >= 0.3 is 0 Å². The second kappa shape index (κ2) is 8.54. The van der Waals surface area contributed by atoms with Crippen LogP contribution in [0.25, 0.3) is 0 Å². The van der Waals surface area contributed by atoms with Crippen LogP contribution < -0.4 is 10.1 Å². The predicted molar refractivity (Wildman–Crippen MR) is 81.2 cm³/mol. The largest absolute Gasteiger partial charge is 0.492 e. The van der Waals surface area contributed by atoms with E-state index >= 15 is 0 Å². The smallest absolute Gasteiger partial charge is 0.120 e. The maximum atomic E-state index is 5.69. The lowest BCUT2D eigenvalue weighted by Crippen LogP contribution is -2.35. The first kappa shape index (κ1) is 15.5. The third-order valence-electron chi connectivity index (χ3n) is 3.39. The van der Waals surface area contributed by atoms with Gasteiger partial charge in [-0.2, -0.15) is 0 Å². The molecular formula is C15H24BrNO. The molecule has 0 heterocycles. The monoisotopic (exact) mass is 313 g/mol. The topological polar surface area (TPSA) is 21.3 Å². The number of ether oxygens (including phenoxy) is 1. The number of halogens is 1. The summed E-state index contributed by atoms with van der Waals surface area (Å²) in [7, 11) is 0. The van der Waals surface area contributed by atoms with Gasteiger partial charge in [-0.05, 0) is 31.0 Å². The van der Waals surface area contributed by atoms with Crippen molar-refractivity contribution in [2.24, 2.45) is 5.92 Å². The van der Waals surface area contributed by atoms with Crippen LogP contribution in [-0.2, 0) is 0 Å². The van der Waals surface area contributed by atoms with Crippen molar-refractivity contribution in [1.29, 1.82) is 0 Å². The molecular weight excluding hydrogens is 290 g/mol. The second-order valence-corrected chi connectivity index (χ2v) is 5.54. The van der Waals surface area contributed by atoms with Crippen LogP contribution in [0.1, 0.15) is 33.6 Å². The molecule has 1 N–H and O–H groups in total. The first-order valence-corrected chi connectivity index (χ1v) is 7.58. The third kappa shape index (κ3) is 5.40. The van der Waals surface area contributed by atoms with Gasteiger partial charge in [-0.1, -0.05) is 48.7 Å². The van der Waals surface area contributed by atoms with Gasteiger partial charge in [-0.15, -0.1) is 0 Å². The van der Waals surface area contributed by atoms with Crippen LogP contribution in [0.5, 0.6) is 5.75 Å². The average molecular weight is 314 g/mol. The van der Waals surface area contributed by atoms with Crippen LogP contribution in [0, 0.1) is 5.92 Å². The Hall–Kier alpha value is -0.540. The molecule has 0 aliphatic heterocycles. The fourth-order valence-electron chi connectivity index (χ4n) is 2.17. The molecule has 0 aromatic heterocycles. The lowest BCUT2D eigenvalue weighted by Gasteiger charge is -2.22. The van der Waals surface area contributed by atoms with Crippen molar-refractivity contribution in [3.8, 4) is 5.75 Å². The van der Waals surface area contributed by atoms with Crippen LogP contribution in [-0.4, -0.2) is 19.2 Å². The molecule has 1 aromatic carbocycles. The minimum atomic E-state index is 0.561. The summed E-state index contributed by atoms with van der Waals surface area (Å²) in [5, 5.41) is 3.53. The summed E-state index contributed by atoms with van der Waals surface area (Å²) in [4.78, 5) is 0. The Balaban J connectivity index is 2.22. The highest BCUT2D eigenvalue weighted by Crippen LogP contribution is 2.17. The zero-order valence-electron chi connectivity index (χ0n) is 11.6. The third-order valence-corrected chi connectivity index (χ3v) is 3.88. The second-order valence-electron chi connectivity index (χ2n) is 4.63. The zero-order valence-corrected chi connectivity index (χ0v) is 13.2. The van der Waals surface area contributed by atoms with E-state index in [2.05, 4.69) is 42.0 Å². The summed E-state index contributed by atoms with van der Waals surface area (Å²) in [6, 6.07) is 8.52. The van der Waals surface area contributed by atoms with Gasteiger partial charge in [0, 0.05) is 17.1 Å². The highest BCUT2D eigenvalue weighted by atomic mass is 79.9. The predicted octanol–water partition coefficient (Wildman–Crippen LogP) is 4.24. The van der Waals surface area contributed by atoms with Gasteiger partial charge in [0.2, 0.25) is 0 Å². The minimum Gasteiger partial charge on any atom is -0.492 e. The minimum absolute atomic E-state index is 0.561. The Morgan fingerprint density at radius 3 is 2.61 bits per heavy atom. The summed E-state index contributed by atoms with van der Waals surface area (Å²) in [5.74, 6) is 1.68. The van der Waals surface area contributed by atoms with Crippen LogP contribution >= 0.6 is 15.9 Å². The Morgan fingerprint density at radius 2 is 2.00 bits per heavy atom. The van der Waals surface area contributed by atoms with E-state index in [4.69, 9.17) is 4.74 Å². The van der Waals surface area contributed by atoms with E-state index in [9.17, 15) is 0 Å². The zero-order chi connectivity index (χ0) is 13.4. The highest BCUT2D eigenvalue weighted by Gasteiger charge is 2.11. The number of nitrogens with one attached hydrogen (secondary N) is 1. The van der Waals surface area contributed by atoms with Crippen molar-refractivity contribution in [3.05, 3.63) is 28.7 Å². The van der Waals surface area contributed by atoms with Gasteiger partial charge in [0.25, 0.3) is 0 Å². The summed E-state index contributed by atoms with van der Waals surface area (Å²) in [5.41, 5.74) is 0. The molecule has 1 atom stereocenters. The quantitative estimate of drug-likeness (QED) is 0.725. The molecule has 2 nitrogen and oxygen atoms in total. The van der Waals surface area contributed by atoms with E-state index in [1.165, 1.54) is 12.8 Å². The molecule has 0 aliphatic carbocycles. The van der Waals surface area contributed by atoms with Gasteiger partial charge in [-0.3, -0.25) is 0 Å². The molecule has 0 radical (unpaired) electrons. The fourth-order valence-corrected chi connectivity index (χ4v) is 2.55. The number of benzene rings is 1. The van der Waals surface area contributed by atoms with Crippen molar-refractivity contribution >= 4 is 15.9 Å². The Bertz CT molecular complexity index is 339. The van der Waals surface area contributed by atoms with E-state index in [-0.39, 0.29) is 0 Å². The van der Waals surface area contributed by atoms with Crippen molar-refractivity contribution in [1.82, 2.24) is 5.32 Å². The molecule has 0 bridgehead atoms. The van der Waals surface area contributed by atoms with E-state index in [0.29, 0.717) is 12.6 Å². The molecule has 0 spiro atoms. The van der Waals surface area contributed by atoms with Crippen LogP contribution in [0.4, 0.5) is 0 Å². The van der Waals surface area contributed by atoms with Crippen molar-refractivity contribution in [3.63, 3.8) is 0 Å². The van der Waals surface area contributed by atoms with E-state index in [1.54, 1.807) is 0 Å². The Kier molecular flexibility index (Phi) is 7.36. The van der Waals surface area contributed by atoms with Gasteiger partial charge in [0.15, 0.2) is 0 Å². The molecule has 102 valence electrons. The summed E-state index contributed by atoms with van der Waals surface area (Å²) in [6.45, 7) is 8.37. The Morgan fingerprint density at radius 1 is 1.28 bits per heavy atom.